The number of rotatable bonds is 4. The van der Waals surface area contributed by atoms with E-state index >= 15 is 0 Å². The molecule has 4 nitrogen and oxygen atoms in total. The second-order valence-electron chi connectivity index (χ2n) is 4.23. The van der Waals surface area contributed by atoms with Crippen molar-refractivity contribution in [2.24, 2.45) is 13.0 Å². The third kappa shape index (κ3) is 2.89. The van der Waals surface area contributed by atoms with Gasteiger partial charge < -0.3 is 5.11 Å². The summed E-state index contributed by atoms with van der Waals surface area (Å²) in [5.41, 5.74) is 1.73. The van der Waals surface area contributed by atoms with Crippen molar-refractivity contribution in [2.45, 2.75) is 33.3 Å². The number of aryl methyl sites for hydroxylation is 2. The second-order valence-corrected chi connectivity index (χ2v) is 4.23. The topological polar surface area (TPSA) is 55.1 Å². The molecule has 1 aromatic rings. The molecule has 0 aromatic carbocycles. The van der Waals surface area contributed by atoms with Crippen LogP contribution >= 0.6 is 0 Å². The van der Waals surface area contributed by atoms with Crippen molar-refractivity contribution in [1.82, 2.24) is 9.78 Å². The number of carbonyl (C=O) groups is 1. The summed E-state index contributed by atoms with van der Waals surface area (Å²) in [7, 11) is 1.80. The Labute approximate surface area is 89.9 Å². The molecule has 15 heavy (non-hydrogen) atoms. The van der Waals surface area contributed by atoms with Gasteiger partial charge in [-0.25, -0.2) is 0 Å². The molecule has 0 amide bonds. The lowest BCUT2D eigenvalue weighted by atomic mass is 10.00. The van der Waals surface area contributed by atoms with Crippen LogP contribution in [0.4, 0.5) is 0 Å². The summed E-state index contributed by atoms with van der Waals surface area (Å²) in [6.45, 7) is 5.54. The van der Waals surface area contributed by atoms with Crippen LogP contribution in [-0.2, 0) is 18.3 Å². The molecule has 0 fully saturated rings. The highest BCUT2D eigenvalue weighted by Gasteiger charge is 2.20. The van der Waals surface area contributed by atoms with Crippen LogP contribution in [0.15, 0.2) is 6.07 Å². The largest absolute Gasteiger partial charge is 0.385 e. The predicted molar refractivity (Wildman–Crippen MR) is 57.5 cm³/mol. The van der Waals surface area contributed by atoms with Gasteiger partial charge in [-0.3, -0.25) is 9.48 Å². The molecule has 1 aromatic heterocycles. The standard InChI is InChI=1S/C11H18N2O2/c1-7(2)11(15)10(14)6-9-5-8(3)12-13(9)4/h5,7,11,15H,6H2,1-4H3. The van der Waals surface area contributed by atoms with Crippen molar-refractivity contribution in [2.75, 3.05) is 0 Å². The van der Waals surface area contributed by atoms with Crippen molar-refractivity contribution >= 4 is 5.78 Å². The average molecular weight is 210 g/mol. The Morgan fingerprint density at radius 2 is 2.20 bits per heavy atom. The average Bonchev–Trinajstić information content (AvgIpc) is 2.43. The third-order valence-corrected chi connectivity index (χ3v) is 2.42. The SMILES string of the molecule is Cc1cc(CC(=O)C(O)C(C)C)n(C)n1. The number of hydrogen-bond acceptors (Lipinski definition) is 3. The highest BCUT2D eigenvalue weighted by molar-refractivity contribution is 5.84. The summed E-state index contributed by atoms with van der Waals surface area (Å²) < 4.78 is 1.68. The first-order valence-corrected chi connectivity index (χ1v) is 5.12. The molecule has 0 saturated carbocycles. The van der Waals surface area contributed by atoms with E-state index in [4.69, 9.17) is 0 Å². The molecule has 84 valence electrons. The Morgan fingerprint density at radius 3 is 2.60 bits per heavy atom. The van der Waals surface area contributed by atoms with E-state index in [1.54, 1.807) is 11.7 Å². The molecular weight excluding hydrogens is 192 g/mol. The lowest BCUT2D eigenvalue weighted by molar-refractivity contribution is -0.128. The first-order chi connectivity index (χ1) is 6.91. The van der Waals surface area contributed by atoms with Crippen LogP contribution in [0, 0.1) is 12.8 Å². The minimum atomic E-state index is -0.875. The number of nitrogens with zero attached hydrogens (tertiary/aromatic N) is 2. The van der Waals surface area contributed by atoms with Gasteiger partial charge in [0.05, 0.1) is 12.1 Å². The molecule has 1 heterocycles. The van der Waals surface area contributed by atoms with Crippen molar-refractivity contribution in [1.29, 1.82) is 0 Å². The van der Waals surface area contributed by atoms with Gasteiger partial charge in [-0.2, -0.15) is 5.10 Å². The molecular formula is C11H18N2O2. The van der Waals surface area contributed by atoms with Gasteiger partial charge in [0.1, 0.15) is 6.10 Å². The van der Waals surface area contributed by atoms with E-state index in [-0.39, 0.29) is 18.1 Å². The molecule has 0 aliphatic carbocycles. The van der Waals surface area contributed by atoms with E-state index in [0.29, 0.717) is 0 Å². The fourth-order valence-electron chi connectivity index (χ4n) is 1.48. The van der Waals surface area contributed by atoms with Crippen molar-refractivity contribution in [3.05, 3.63) is 17.5 Å². The van der Waals surface area contributed by atoms with Gasteiger partial charge in [0.25, 0.3) is 0 Å². The quantitative estimate of drug-likeness (QED) is 0.801. The number of carbonyl (C=O) groups excluding carboxylic acids is 1. The zero-order chi connectivity index (χ0) is 11.6. The van der Waals surface area contributed by atoms with Gasteiger partial charge in [-0.15, -0.1) is 0 Å². The van der Waals surface area contributed by atoms with Gasteiger partial charge in [-0.05, 0) is 18.9 Å². The number of ketones is 1. The third-order valence-electron chi connectivity index (χ3n) is 2.42. The summed E-state index contributed by atoms with van der Waals surface area (Å²) in [5.74, 6) is -0.181. The highest BCUT2D eigenvalue weighted by atomic mass is 16.3. The molecule has 0 radical (unpaired) electrons. The van der Waals surface area contributed by atoms with Gasteiger partial charge in [0.15, 0.2) is 5.78 Å². The smallest absolute Gasteiger partial charge is 0.167 e. The first kappa shape index (κ1) is 11.9. The van der Waals surface area contributed by atoms with Crippen molar-refractivity contribution < 1.29 is 9.90 Å². The van der Waals surface area contributed by atoms with Crippen LogP contribution in [-0.4, -0.2) is 26.8 Å². The number of aliphatic hydroxyl groups excluding tert-OH is 1. The van der Waals surface area contributed by atoms with E-state index in [2.05, 4.69) is 5.10 Å². The summed E-state index contributed by atoms with van der Waals surface area (Å²) in [5, 5.41) is 13.7. The lowest BCUT2D eigenvalue weighted by Crippen LogP contribution is -2.28. The number of hydrogen-bond donors (Lipinski definition) is 1. The number of aliphatic hydroxyl groups is 1. The van der Waals surface area contributed by atoms with E-state index in [0.717, 1.165) is 11.4 Å². The normalized spacial score (nSPS) is 13.2. The van der Waals surface area contributed by atoms with Crippen LogP contribution in [0.3, 0.4) is 0 Å². The fraction of sp³-hybridized carbons (Fsp3) is 0.636. The van der Waals surface area contributed by atoms with Crippen LogP contribution in [0.25, 0.3) is 0 Å². The molecule has 1 rings (SSSR count). The molecule has 1 atom stereocenters. The Hall–Kier alpha value is -1.16. The monoisotopic (exact) mass is 210 g/mol. The second kappa shape index (κ2) is 4.57. The summed E-state index contributed by atoms with van der Waals surface area (Å²) in [6.07, 6.45) is -0.628. The molecule has 4 heteroatoms. The van der Waals surface area contributed by atoms with E-state index in [9.17, 15) is 9.90 Å². The Bertz CT molecular complexity index is 355. The maximum absolute atomic E-state index is 11.6. The van der Waals surface area contributed by atoms with Crippen LogP contribution < -0.4 is 0 Å². The minimum Gasteiger partial charge on any atom is -0.385 e. The summed E-state index contributed by atoms with van der Waals surface area (Å²) in [6, 6.07) is 1.87. The Morgan fingerprint density at radius 1 is 1.60 bits per heavy atom. The Balaban J connectivity index is 2.70. The molecule has 0 bridgehead atoms. The fourth-order valence-corrected chi connectivity index (χ4v) is 1.48. The maximum atomic E-state index is 11.6. The van der Waals surface area contributed by atoms with Crippen molar-refractivity contribution in [3.8, 4) is 0 Å². The predicted octanol–water partition coefficient (Wildman–Crippen LogP) is 0.857. The summed E-state index contributed by atoms with van der Waals surface area (Å²) >= 11 is 0. The molecule has 0 aliphatic heterocycles. The van der Waals surface area contributed by atoms with Crippen LogP contribution in [0.5, 0.6) is 0 Å². The molecule has 0 spiro atoms. The van der Waals surface area contributed by atoms with Crippen LogP contribution in [0.1, 0.15) is 25.2 Å². The minimum absolute atomic E-state index is 0.0353. The summed E-state index contributed by atoms with van der Waals surface area (Å²) in [4.78, 5) is 11.6. The Kier molecular flexibility index (Phi) is 3.63. The van der Waals surface area contributed by atoms with Gasteiger partial charge in [0.2, 0.25) is 0 Å². The molecule has 1 N–H and O–H groups in total. The lowest BCUT2D eigenvalue weighted by Gasteiger charge is -2.12. The maximum Gasteiger partial charge on any atom is 0.167 e. The first-order valence-electron chi connectivity index (χ1n) is 5.12. The number of Topliss-reactive ketones (excluding diaryl/α,β-unsaturated/α-hetero) is 1. The van der Waals surface area contributed by atoms with Crippen molar-refractivity contribution in [3.63, 3.8) is 0 Å². The van der Waals surface area contributed by atoms with E-state index < -0.39 is 6.10 Å². The highest BCUT2D eigenvalue weighted by Crippen LogP contribution is 2.08. The molecule has 0 saturated heterocycles. The zero-order valence-corrected chi connectivity index (χ0v) is 9.69. The van der Waals surface area contributed by atoms with Gasteiger partial charge in [-0.1, -0.05) is 13.8 Å². The van der Waals surface area contributed by atoms with E-state index in [1.165, 1.54) is 0 Å². The number of aromatic nitrogens is 2. The molecule has 1 unspecified atom stereocenters. The van der Waals surface area contributed by atoms with E-state index in [1.807, 2.05) is 26.8 Å². The van der Waals surface area contributed by atoms with Gasteiger partial charge in [0, 0.05) is 12.7 Å². The van der Waals surface area contributed by atoms with Gasteiger partial charge >= 0.3 is 0 Å². The molecule has 0 aliphatic rings. The van der Waals surface area contributed by atoms with Crippen LogP contribution in [0.2, 0.25) is 0 Å². The zero-order valence-electron chi connectivity index (χ0n) is 9.69.